The fraction of sp³-hybridized carbons (Fsp3) is 0.212. The summed E-state index contributed by atoms with van der Waals surface area (Å²) in [4.78, 5) is 28.9. The van der Waals surface area contributed by atoms with Gasteiger partial charge in [-0.05, 0) is 76.4 Å². The van der Waals surface area contributed by atoms with Crippen LogP contribution in [-0.4, -0.2) is 51.9 Å². The van der Waals surface area contributed by atoms with Crippen LogP contribution >= 0.6 is 15.9 Å². The van der Waals surface area contributed by atoms with E-state index in [1.165, 1.54) is 61.5 Å². The highest BCUT2D eigenvalue weighted by Crippen LogP contribution is 2.31. The minimum atomic E-state index is -4.28. The number of anilines is 1. The summed E-state index contributed by atoms with van der Waals surface area (Å²) in [7, 11) is -1.33. The second kappa shape index (κ2) is 14.5. The number of sulfonamides is 1. The van der Waals surface area contributed by atoms with E-state index in [4.69, 9.17) is 4.74 Å². The van der Waals surface area contributed by atoms with Crippen LogP contribution in [0.2, 0.25) is 0 Å². The molecular formula is C33H33BrFN3O5S. The van der Waals surface area contributed by atoms with Crippen LogP contribution in [0.1, 0.15) is 16.7 Å². The van der Waals surface area contributed by atoms with Crippen molar-refractivity contribution in [1.82, 2.24) is 10.2 Å². The zero-order chi connectivity index (χ0) is 31.9. The first-order chi connectivity index (χ1) is 21.0. The number of nitrogens with zero attached hydrogens (tertiary/aromatic N) is 2. The number of hydrogen-bond acceptors (Lipinski definition) is 5. The van der Waals surface area contributed by atoms with E-state index in [0.29, 0.717) is 15.8 Å². The van der Waals surface area contributed by atoms with Gasteiger partial charge < -0.3 is 15.0 Å². The lowest BCUT2D eigenvalue weighted by Gasteiger charge is -2.33. The number of methoxy groups -OCH3 is 1. The Kier molecular flexibility index (Phi) is 10.8. The van der Waals surface area contributed by atoms with Gasteiger partial charge in [-0.1, -0.05) is 60.2 Å². The van der Waals surface area contributed by atoms with Crippen LogP contribution in [0.3, 0.4) is 0 Å². The molecule has 0 aromatic heterocycles. The first kappa shape index (κ1) is 32.7. The zero-order valence-corrected chi connectivity index (χ0v) is 26.9. The van der Waals surface area contributed by atoms with Gasteiger partial charge >= 0.3 is 0 Å². The normalized spacial score (nSPS) is 11.8. The maximum absolute atomic E-state index is 14.3. The number of benzene rings is 4. The summed E-state index contributed by atoms with van der Waals surface area (Å²) in [6.45, 7) is 1.22. The third-order valence-electron chi connectivity index (χ3n) is 7.10. The summed E-state index contributed by atoms with van der Waals surface area (Å²) in [5.74, 6) is -1.04. The molecule has 8 nitrogen and oxygen atoms in total. The molecule has 0 aliphatic heterocycles. The molecule has 1 N–H and O–H groups in total. The molecule has 0 bridgehead atoms. The third kappa shape index (κ3) is 7.83. The number of rotatable bonds is 12. The second-order valence-electron chi connectivity index (χ2n) is 10.1. The molecule has 0 spiro atoms. The Morgan fingerprint density at radius 2 is 1.59 bits per heavy atom. The topological polar surface area (TPSA) is 96.0 Å². The quantitative estimate of drug-likeness (QED) is 0.214. The van der Waals surface area contributed by atoms with Gasteiger partial charge in [0.2, 0.25) is 11.8 Å². The van der Waals surface area contributed by atoms with Crippen molar-refractivity contribution in [2.75, 3.05) is 25.0 Å². The van der Waals surface area contributed by atoms with E-state index in [1.54, 1.807) is 24.3 Å². The number of amides is 2. The zero-order valence-electron chi connectivity index (χ0n) is 24.5. The Morgan fingerprint density at radius 3 is 2.18 bits per heavy atom. The van der Waals surface area contributed by atoms with Crippen molar-refractivity contribution >= 4 is 43.5 Å². The van der Waals surface area contributed by atoms with Crippen LogP contribution in [0.15, 0.2) is 106 Å². The van der Waals surface area contributed by atoms with E-state index in [0.717, 1.165) is 15.4 Å². The average molecular weight is 683 g/mol. The third-order valence-corrected chi connectivity index (χ3v) is 9.49. The van der Waals surface area contributed by atoms with Crippen molar-refractivity contribution in [3.8, 4) is 5.75 Å². The number of nitrogens with one attached hydrogen (secondary N) is 1. The van der Waals surface area contributed by atoms with Crippen molar-refractivity contribution in [2.24, 2.45) is 0 Å². The summed E-state index contributed by atoms with van der Waals surface area (Å²) >= 11 is 3.35. The Morgan fingerprint density at radius 1 is 0.932 bits per heavy atom. The molecule has 4 rings (SSSR count). The molecule has 1 atom stereocenters. The maximum atomic E-state index is 14.3. The summed E-state index contributed by atoms with van der Waals surface area (Å²) < 4.78 is 48.8. The van der Waals surface area contributed by atoms with Gasteiger partial charge in [0.1, 0.15) is 24.2 Å². The molecule has 0 fully saturated rings. The second-order valence-corrected chi connectivity index (χ2v) is 12.8. The maximum Gasteiger partial charge on any atom is 0.264 e. The molecular weight excluding hydrogens is 649 g/mol. The van der Waals surface area contributed by atoms with Crippen LogP contribution in [-0.2, 0) is 32.6 Å². The minimum absolute atomic E-state index is 0.0557. The number of halogens is 2. The lowest BCUT2D eigenvalue weighted by molar-refractivity contribution is -0.139. The van der Waals surface area contributed by atoms with Crippen molar-refractivity contribution in [2.45, 2.75) is 30.8 Å². The fourth-order valence-electron chi connectivity index (χ4n) is 4.68. The molecule has 0 heterocycles. The molecule has 4 aromatic carbocycles. The Labute approximate surface area is 265 Å². The highest BCUT2D eigenvalue weighted by Gasteiger charge is 2.34. The van der Waals surface area contributed by atoms with Crippen LogP contribution in [0.4, 0.5) is 10.1 Å². The highest BCUT2D eigenvalue weighted by atomic mass is 79.9. The predicted octanol–water partition coefficient (Wildman–Crippen LogP) is 5.49. The van der Waals surface area contributed by atoms with Gasteiger partial charge in [0.15, 0.2) is 0 Å². The largest absolute Gasteiger partial charge is 0.496 e. The standard InChI is InChI=1S/C33H33BrFN3O5S/c1-23-9-15-27(16-10-23)38(44(41,42)28-17-18-31(43-3)29(34)20-28)22-32(39)37(21-25-11-13-26(35)14-12-25)30(33(40)36-2)19-24-7-5-4-6-8-24/h4-18,20,30H,19,21-22H2,1-3H3,(H,36,40). The molecule has 4 aromatic rings. The smallest absolute Gasteiger partial charge is 0.264 e. The highest BCUT2D eigenvalue weighted by molar-refractivity contribution is 9.10. The monoisotopic (exact) mass is 681 g/mol. The number of hydrogen-bond donors (Lipinski definition) is 1. The van der Waals surface area contributed by atoms with Gasteiger partial charge in [-0.15, -0.1) is 0 Å². The van der Waals surface area contributed by atoms with E-state index in [-0.39, 0.29) is 23.5 Å². The van der Waals surface area contributed by atoms with E-state index in [1.807, 2.05) is 37.3 Å². The van der Waals surface area contributed by atoms with Crippen LogP contribution in [0, 0.1) is 12.7 Å². The van der Waals surface area contributed by atoms with Crippen LogP contribution in [0.5, 0.6) is 5.75 Å². The molecule has 0 radical (unpaired) electrons. The molecule has 0 aliphatic carbocycles. The lowest BCUT2D eigenvalue weighted by atomic mass is 10.0. The van der Waals surface area contributed by atoms with Gasteiger partial charge in [-0.25, -0.2) is 12.8 Å². The summed E-state index contributed by atoms with van der Waals surface area (Å²) in [6.07, 6.45) is 0.177. The van der Waals surface area contributed by atoms with Gasteiger partial charge in [-0.2, -0.15) is 0 Å². The molecule has 0 saturated carbocycles. The molecule has 44 heavy (non-hydrogen) atoms. The SMILES string of the molecule is CNC(=O)C(Cc1ccccc1)N(Cc1ccc(F)cc1)C(=O)CN(c1ccc(C)cc1)S(=O)(=O)c1ccc(OC)c(Br)c1. The van der Waals surface area contributed by atoms with Crippen molar-refractivity contribution in [3.63, 3.8) is 0 Å². The molecule has 1 unspecified atom stereocenters. The minimum Gasteiger partial charge on any atom is -0.496 e. The summed E-state index contributed by atoms with van der Waals surface area (Å²) in [6, 6.07) is 24.9. The number of carbonyl (C=O) groups excluding carboxylic acids is 2. The molecule has 0 aliphatic rings. The van der Waals surface area contributed by atoms with Gasteiger partial charge in [0.05, 0.1) is 22.2 Å². The Hall–Kier alpha value is -4.22. The van der Waals surface area contributed by atoms with Crippen molar-refractivity contribution in [1.29, 1.82) is 0 Å². The van der Waals surface area contributed by atoms with Crippen LogP contribution < -0.4 is 14.4 Å². The number of ether oxygens (including phenoxy) is 1. The Bertz CT molecular complexity index is 1700. The van der Waals surface area contributed by atoms with E-state index in [9.17, 15) is 22.4 Å². The number of aryl methyl sites for hydroxylation is 1. The fourth-order valence-corrected chi connectivity index (χ4v) is 6.81. The van der Waals surface area contributed by atoms with Crippen molar-refractivity contribution in [3.05, 3.63) is 124 Å². The van der Waals surface area contributed by atoms with Gasteiger partial charge in [0.25, 0.3) is 10.0 Å². The molecule has 11 heteroatoms. The Balaban J connectivity index is 1.79. The van der Waals surface area contributed by atoms with E-state index < -0.39 is 40.2 Å². The molecule has 2 amide bonds. The summed E-state index contributed by atoms with van der Waals surface area (Å²) in [5.41, 5.74) is 2.57. The van der Waals surface area contributed by atoms with Gasteiger partial charge in [-0.3, -0.25) is 13.9 Å². The predicted molar refractivity (Wildman–Crippen MR) is 171 cm³/mol. The number of likely N-dealkylation sites (N-methyl/N-ethyl adjacent to an activating group) is 1. The van der Waals surface area contributed by atoms with E-state index in [2.05, 4.69) is 21.2 Å². The first-order valence-electron chi connectivity index (χ1n) is 13.8. The lowest BCUT2D eigenvalue weighted by Crippen LogP contribution is -2.53. The number of carbonyl (C=O) groups is 2. The molecule has 0 saturated heterocycles. The van der Waals surface area contributed by atoms with Crippen molar-refractivity contribution < 1.29 is 27.1 Å². The summed E-state index contributed by atoms with van der Waals surface area (Å²) in [5, 5.41) is 2.64. The van der Waals surface area contributed by atoms with E-state index >= 15 is 0 Å². The first-order valence-corrected chi connectivity index (χ1v) is 16.0. The van der Waals surface area contributed by atoms with Crippen LogP contribution in [0.25, 0.3) is 0 Å². The average Bonchev–Trinajstić information content (AvgIpc) is 3.02. The van der Waals surface area contributed by atoms with Gasteiger partial charge in [0, 0.05) is 20.0 Å². The molecule has 230 valence electrons.